The highest BCUT2D eigenvalue weighted by Crippen LogP contribution is 2.36. The van der Waals surface area contributed by atoms with Gasteiger partial charge in [-0.2, -0.15) is 0 Å². The molecule has 6 heteroatoms. The molecule has 1 amide bonds. The standard InChI is InChI=1S/C18H27BN2O3/c1-14-12-15(19-23-17(2,3)18(4,5)24-19)8-9-16(14)21(13-22)11-10-20(6)7/h8-13H,1-7H3/b11-10-. The van der Waals surface area contributed by atoms with Crippen LogP contribution in [0.15, 0.2) is 30.6 Å². The van der Waals surface area contributed by atoms with Gasteiger partial charge >= 0.3 is 7.12 Å². The number of anilines is 1. The van der Waals surface area contributed by atoms with Crippen LogP contribution >= 0.6 is 0 Å². The van der Waals surface area contributed by atoms with Crippen molar-refractivity contribution in [1.82, 2.24) is 4.90 Å². The first kappa shape index (κ1) is 18.6. The van der Waals surface area contributed by atoms with Crippen LogP contribution in [-0.4, -0.2) is 43.7 Å². The zero-order chi connectivity index (χ0) is 18.1. The fourth-order valence-electron chi connectivity index (χ4n) is 2.47. The second-order valence-corrected chi connectivity index (χ2v) is 7.41. The van der Waals surface area contributed by atoms with Crippen molar-refractivity contribution in [2.75, 3.05) is 19.0 Å². The van der Waals surface area contributed by atoms with Crippen LogP contribution in [0.3, 0.4) is 0 Å². The normalized spacial score (nSPS) is 18.9. The maximum Gasteiger partial charge on any atom is 0.494 e. The molecule has 0 unspecified atom stereocenters. The van der Waals surface area contributed by atoms with Gasteiger partial charge in [0.15, 0.2) is 0 Å². The lowest BCUT2D eigenvalue weighted by Gasteiger charge is -2.32. The number of hydrogen-bond donors (Lipinski definition) is 0. The van der Waals surface area contributed by atoms with Crippen LogP contribution in [0.1, 0.15) is 33.3 Å². The Morgan fingerprint density at radius 3 is 2.08 bits per heavy atom. The minimum absolute atomic E-state index is 0.368. The molecule has 0 atom stereocenters. The molecular formula is C18H27BN2O3. The van der Waals surface area contributed by atoms with Gasteiger partial charge in [-0.05, 0) is 51.7 Å². The Kier molecular flexibility index (Phi) is 5.11. The van der Waals surface area contributed by atoms with E-state index in [2.05, 4.69) is 0 Å². The van der Waals surface area contributed by atoms with Gasteiger partial charge in [0.05, 0.1) is 16.9 Å². The number of nitrogens with zero attached hydrogens (tertiary/aromatic N) is 2. The first-order valence-corrected chi connectivity index (χ1v) is 8.12. The van der Waals surface area contributed by atoms with Crippen molar-refractivity contribution in [1.29, 1.82) is 0 Å². The molecule has 0 saturated carbocycles. The number of hydrogen-bond acceptors (Lipinski definition) is 4. The van der Waals surface area contributed by atoms with Crippen molar-refractivity contribution in [3.05, 3.63) is 36.2 Å². The molecule has 0 radical (unpaired) electrons. The van der Waals surface area contributed by atoms with Crippen molar-refractivity contribution in [2.24, 2.45) is 0 Å². The highest BCUT2D eigenvalue weighted by Gasteiger charge is 2.51. The first-order valence-electron chi connectivity index (χ1n) is 8.12. The molecule has 5 nitrogen and oxygen atoms in total. The number of carbonyl (C=O) groups excluding carboxylic acids is 1. The molecule has 1 aliphatic rings. The molecule has 0 aliphatic carbocycles. The van der Waals surface area contributed by atoms with E-state index in [4.69, 9.17) is 9.31 Å². The molecule has 24 heavy (non-hydrogen) atoms. The van der Waals surface area contributed by atoms with Crippen LogP contribution in [0, 0.1) is 6.92 Å². The van der Waals surface area contributed by atoms with Crippen molar-refractivity contribution in [3.63, 3.8) is 0 Å². The minimum Gasteiger partial charge on any atom is -0.399 e. The molecular weight excluding hydrogens is 303 g/mol. The van der Waals surface area contributed by atoms with Gasteiger partial charge in [-0.1, -0.05) is 12.1 Å². The van der Waals surface area contributed by atoms with Gasteiger partial charge in [0.1, 0.15) is 0 Å². The summed E-state index contributed by atoms with van der Waals surface area (Å²) in [4.78, 5) is 14.8. The molecule has 0 bridgehead atoms. The highest BCUT2D eigenvalue weighted by molar-refractivity contribution is 6.62. The third kappa shape index (κ3) is 3.65. The van der Waals surface area contributed by atoms with Crippen LogP contribution in [0.25, 0.3) is 0 Å². The minimum atomic E-state index is -0.398. The van der Waals surface area contributed by atoms with Gasteiger partial charge in [-0.15, -0.1) is 0 Å². The Morgan fingerprint density at radius 1 is 1.04 bits per heavy atom. The lowest BCUT2D eigenvalue weighted by Crippen LogP contribution is -2.41. The molecule has 0 spiro atoms. The molecule has 0 N–H and O–H groups in total. The number of rotatable bonds is 5. The summed E-state index contributed by atoms with van der Waals surface area (Å²) >= 11 is 0. The van der Waals surface area contributed by atoms with E-state index in [0.717, 1.165) is 23.1 Å². The predicted molar refractivity (Wildman–Crippen MR) is 98.3 cm³/mol. The lowest BCUT2D eigenvalue weighted by atomic mass is 9.78. The molecule has 1 aromatic rings. The van der Waals surface area contributed by atoms with E-state index in [-0.39, 0.29) is 11.2 Å². The third-order valence-corrected chi connectivity index (χ3v) is 4.66. The zero-order valence-electron chi connectivity index (χ0n) is 15.7. The van der Waals surface area contributed by atoms with E-state index >= 15 is 0 Å². The van der Waals surface area contributed by atoms with Gasteiger partial charge in [0, 0.05) is 26.5 Å². The number of benzene rings is 1. The summed E-state index contributed by atoms with van der Waals surface area (Å²) in [5, 5.41) is 0. The van der Waals surface area contributed by atoms with Gasteiger partial charge < -0.3 is 14.2 Å². The van der Waals surface area contributed by atoms with Gasteiger partial charge in [0.2, 0.25) is 6.41 Å². The van der Waals surface area contributed by atoms with Crippen LogP contribution in [0.5, 0.6) is 0 Å². The van der Waals surface area contributed by atoms with E-state index in [1.807, 2.05) is 78.0 Å². The quantitative estimate of drug-likeness (QED) is 0.614. The second kappa shape index (κ2) is 6.61. The van der Waals surface area contributed by atoms with E-state index in [9.17, 15) is 4.79 Å². The Bertz CT molecular complexity index is 625. The average molecular weight is 330 g/mol. The summed E-state index contributed by atoms with van der Waals surface area (Å²) in [7, 11) is 3.42. The van der Waals surface area contributed by atoms with E-state index in [1.165, 1.54) is 0 Å². The van der Waals surface area contributed by atoms with Crippen LogP contribution in [0.4, 0.5) is 5.69 Å². The predicted octanol–water partition coefficient (Wildman–Crippen LogP) is 2.29. The monoisotopic (exact) mass is 330 g/mol. The topological polar surface area (TPSA) is 42.0 Å². The molecule has 0 aromatic heterocycles. The molecule has 1 fully saturated rings. The largest absolute Gasteiger partial charge is 0.494 e. The summed E-state index contributed by atoms with van der Waals surface area (Å²) < 4.78 is 12.2. The molecule has 2 rings (SSSR count). The Morgan fingerprint density at radius 2 is 1.62 bits per heavy atom. The van der Waals surface area contributed by atoms with Crippen LogP contribution < -0.4 is 10.4 Å². The smallest absolute Gasteiger partial charge is 0.399 e. The summed E-state index contributed by atoms with van der Waals surface area (Å²) in [5.74, 6) is 0. The van der Waals surface area contributed by atoms with E-state index in [1.54, 1.807) is 11.1 Å². The van der Waals surface area contributed by atoms with Crippen LogP contribution in [0.2, 0.25) is 0 Å². The summed E-state index contributed by atoms with van der Waals surface area (Å²) in [6.45, 7) is 10.1. The summed E-state index contributed by atoms with van der Waals surface area (Å²) in [6.07, 6.45) is 4.37. The molecule has 1 heterocycles. The Labute approximate surface area is 145 Å². The average Bonchev–Trinajstić information content (AvgIpc) is 2.69. The van der Waals surface area contributed by atoms with Gasteiger partial charge in [-0.25, -0.2) is 0 Å². The highest BCUT2D eigenvalue weighted by atomic mass is 16.7. The van der Waals surface area contributed by atoms with Crippen molar-refractivity contribution in [3.8, 4) is 0 Å². The first-order chi connectivity index (χ1) is 11.1. The second-order valence-electron chi connectivity index (χ2n) is 7.41. The maximum atomic E-state index is 11.4. The molecule has 1 aliphatic heterocycles. The Balaban J connectivity index is 2.26. The van der Waals surface area contributed by atoms with Crippen LogP contribution in [-0.2, 0) is 14.1 Å². The van der Waals surface area contributed by atoms with Crippen molar-refractivity contribution < 1.29 is 14.1 Å². The molecule has 1 saturated heterocycles. The SMILES string of the molecule is Cc1cc(B2OC(C)(C)C(C)(C)O2)ccc1N(C=O)/C=C\N(C)C. The molecule has 130 valence electrons. The van der Waals surface area contributed by atoms with E-state index < -0.39 is 7.12 Å². The number of amides is 1. The fraction of sp³-hybridized carbons (Fsp3) is 0.500. The Hall–Kier alpha value is -1.79. The molecule has 1 aromatic carbocycles. The summed E-state index contributed by atoms with van der Waals surface area (Å²) in [6, 6.07) is 5.88. The summed E-state index contributed by atoms with van der Waals surface area (Å²) in [5.41, 5.74) is 2.04. The van der Waals surface area contributed by atoms with Crippen molar-refractivity contribution >= 4 is 24.7 Å². The lowest BCUT2D eigenvalue weighted by molar-refractivity contribution is -0.107. The number of carbonyl (C=O) groups is 1. The fourth-order valence-corrected chi connectivity index (χ4v) is 2.47. The van der Waals surface area contributed by atoms with Gasteiger partial charge in [-0.3, -0.25) is 9.69 Å². The zero-order valence-corrected chi connectivity index (χ0v) is 15.7. The van der Waals surface area contributed by atoms with E-state index in [0.29, 0.717) is 0 Å². The number of aryl methyl sites for hydroxylation is 1. The van der Waals surface area contributed by atoms with Crippen molar-refractivity contribution in [2.45, 2.75) is 45.8 Å². The third-order valence-electron chi connectivity index (χ3n) is 4.66. The maximum absolute atomic E-state index is 11.4. The van der Waals surface area contributed by atoms with Gasteiger partial charge in [0.25, 0.3) is 0 Å².